The SMILES string of the molecule is COc1cc(-c2[nH]c3ccc(C4CCC(N(C)C5CC5)CC4)nc3c2C(C)C)cn2ncnc12. The van der Waals surface area contributed by atoms with Gasteiger partial charge in [0.25, 0.3) is 0 Å². The normalized spacial score (nSPS) is 21.2. The first-order chi connectivity index (χ1) is 16.5. The van der Waals surface area contributed by atoms with Gasteiger partial charge in [-0.1, -0.05) is 13.8 Å². The quantitative estimate of drug-likeness (QED) is 0.412. The zero-order valence-corrected chi connectivity index (χ0v) is 20.6. The highest BCUT2D eigenvalue weighted by Crippen LogP contribution is 2.40. The van der Waals surface area contributed by atoms with Crippen LogP contribution < -0.4 is 4.74 Å². The lowest BCUT2D eigenvalue weighted by molar-refractivity contribution is 0.174. The molecule has 4 aromatic rings. The lowest BCUT2D eigenvalue weighted by atomic mass is 9.83. The summed E-state index contributed by atoms with van der Waals surface area (Å²) >= 11 is 0. The smallest absolute Gasteiger partial charge is 0.197 e. The van der Waals surface area contributed by atoms with Gasteiger partial charge in [0.2, 0.25) is 0 Å². The Bertz CT molecular complexity index is 1330. The van der Waals surface area contributed by atoms with Gasteiger partial charge in [0.05, 0.1) is 23.8 Å². The van der Waals surface area contributed by atoms with E-state index >= 15 is 0 Å². The van der Waals surface area contributed by atoms with E-state index in [2.05, 4.69) is 53.0 Å². The Morgan fingerprint density at radius 2 is 1.82 bits per heavy atom. The Morgan fingerprint density at radius 1 is 1.09 bits per heavy atom. The van der Waals surface area contributed by atoms with Gasteiger partial charge in [0.15, 0.2) is 11.4 Å². The molecule has 2 saturated carbocycles. The molecule has 2 fully saturated rings. The van der Waals surface area contributed by atoms with E-state index in [4.69, 9.17) is 9.72 Å². The fourth-order valence-electron chi connectivity index (χ4n) is 5.86. The third-order valence-electron chi connectivity index (χ3n) is 7.94. The number of methoxy groups -OCH3 is 1. The first kappa shape index (κ1) is 21.6. The van der Waals surface area contributed by atoms with Crippen LogP contribution in [0.2, 0.25) is 0 Å². The molecule has 6 rings (SSSR count). The van der Waals surface area contributed by atoms with Crippen LogP contribution in [0.1, 0.15) is 75.5 Å². The summed E-state index contributed by atoms with van der Waals surface area (Å²) in [6.07, 6.45) is 11.4. The van der Waals surface area contributed by atoms with Gasteiger partial charge in [-0.15, -0.1) is 0 Å². The monoisotopic (exact) mass is 458 g/mol. The Labute approximate surface area is 200 Å². The standard InChI is InChI=1S/C27H34N6O/c1-16(2)24-25(18-13-23(34-4)27-28-15-29-33(27)14-18)31-22-12-11-21(30-26(22)24)17-5-7-19(8-6-17)32(3)20-9-10-20/h11-17,19-20,31H,5-10H2,1-4H3. The van der Waals surface area contributed by atoms with Crippen molar-refractivity contribution in [3.8, 4) is 17.0 Å². The minimum absolute atomic E-state index is 0.326. The number of rotatable bonds is 6. The molecule has 178 valence electrons. The Kier molecular flexibility index (Phi) is 5.32. The highest BCUT2D eigenvalue weighted by molar-refractivity contribution is 5.89. The van der Waals surface area contributed by atoms with Crippen molar-refractivity contribution >= 4 is 16.7 Å². The molecule has 0 saturated heterocycles. The molecule has 4 heterocycles. The first-order valence-electron chi connectivity index (χ1n) is 12.7. The van der Waals surface area contributed by atoms with Gasteiger partial charge >= 0.3 is 0 Å². The number of fused-ring (bicyclic) bond motifs is 2. The molecule has 2 aliphatic carbocycles. The van der Waals surface area contributed by atoms with Crippen LogP contribution >= 0.6 is 0 Å². The summed E-state index contributed by atoms with van der Waals surface area (Å²) in [7, 11) is 4.00. The Hall–Kier alpha value is -2.93. The highest BCUT2D eigenvalue weighted by atomic mass is 16.5. The van der Waals surface area contributed by atoms with Crippen LogP contribution in [0.15, 0.2) is 30.7 Å². The third kappa shape index (κ3) is 3.66. The molecule has 7 nitrogen and oxygen atoms in total. The molecule has 2 aliphatic rings. The maximum atomic E-state index is 5.61. The average Bonchev–Trinajstić information content (AvgIpc) is 3.46. The number of pyridine rings is 2. The molecule has 0 amide bonds. The summed E-state index contributed by atoms with van der Waals surface area (Å²) < 4.78 is 7.39. The van der Waals surface area contributed by atoms with Crippen LogP contribution in [0.4, 0.5) is 0 Å². The van der Waals surface area contributed by atoms with Crippen molar-refractivity contribution in [3.05, 3.63) is 42.0 Å². The number of hydrogen-bond acceptors (Lipinski definition) is 5. The van der Waals surface area contributed by atoms with Crippen LogP contribution in [0.3, 0.4) is 0 Å². The first-order valence-corrected chi connectivity index (χ1v) is 12.7. The van der Waals surface area contributed by atoms with E-state index in [-0.39, 0.29) is 0 Å². The van der Waals surface area contributed by atoms with Crippen LogP contribution in [0.25, 0.3) is 27.9 Å². The molecule has 0 radical (unpaired) electrons. The number of nitrogens with zero attached hydrogens (tertiary/aromatic N) is 5. The lowest BCUT2D eigenvalue weighted by Gasteiger charge is -2.34. The summed E-state index contributed by atoms with van der Waals surface area (Å²) in [4.78, 5) is 15.9. The minimum Gasteiger partial charge on any atom is -0.493 e. The van der Waals surface area contributed by atoms with Crippen molar-refractivity contribution in [1.29, 1.82) is 0 Å². The fraction of sp³-hybridized carbons (Fsp3) is 0.519. The fourth-order valence-corrected chi connectivity index (χ4v) is 5.86. The molecule has 0 unspecified atom stereocenters. The van der Waals surface area contributed by atoms with Crippen molar-refractivity contribution in [2.75, 3.05) is 14.2 Å². The third-order valence-corrected chi connectivity index (χ3v) is 7.94. The maximum absolute atomic E-state index is 5.61. The second-order valence-corrected chi connectivity index (χ2v) is 10.4. The number of hydrogen-bond donors (Lipinski definition) is 1. The minimum atomic E-state index is 0.326. The molecular formula is C27H34N6O. The van der Waals surface area contributed by atoms with Crippen LogP contribution in [0, 0.1) is 0 Å². The number of aromatic nitrogens is 5. The lowest BCUT2D eigenvalue weighted by Crippen LogP contribution is -2.36. The van der Waals surface area contributed by atoms with E-state index in [1.807, 2.05) is 12.3 Å². The van der Waals surface area contributed by atoms with Gasteiger partial charge in [0.1, 0.15) is 6.33 Å². The van der Waals surface area contributed by atoms with Crippen molar-refractivity contribution in [1.82, 2.24) is 29.5 Å². The van der Waals surface area contributed by atoms with Crippen LogP contribution in [-0.2, 0) is 0 Å². The van der Waals surface area contributed by atoms with Crippen LogP contribution in [0.5, 0.6) is 5.75 Å². The van der Waals surface area contributed by atoms with Crippen molar-refractivity contribution in [2.24, 2.45) is 0 Å². The Balaban J connectivity index is 1.35. The van der Waals surface area contributed by atoms with Crippen molar-refractivity contribution in [2.45, 2.75) is 76.3 Å². The van der Waals surface area contributed by atoms with E-state index in [0.29, 0.717) is 17.6 Å². The second kappa shape index (κ2) is 8.38. The van der Waals surface area contributed by atoms with E-state index in [0.717, 1.165) is 40.0 Å². The summed E-state index contributed by atoms with van der Waals surface area (Å²) in [5.74, 6) is 1.59. The number of aromatic amines is 1. The zero-order valence-electron chi connectivity index (χ0n) is 20.6. The molecular weight excluding hydrogens is 424 g/mol. The molecule has 1 N–H and O–H groups in total. The number of ether oxygens (including phenoxy) is 1. The molecule has 0 spiro atoms. The van der Waals surface area contributed by atoms with E-state index in [1.165, 1.54) is 49.8 Å². The molecule has 0 aliphatic heterocycles. The summed E-state index contributed by atoms with van der Waals surface area (Å²) in [5.41, 5.74) is 7.51. The van der Waals surface area contributed by atoms with E-state index in [9.17, 15) is 0 Å². The topological polar surface area (TPSA) is 71.3 Å². The van der Waals surface area contributed by atoms with Gasteiger partial charge in [-0.2, -0.15) is 5.10 Å². The second-order valence-electron chi connectivity index (χ2n) is 10.4. The van der Waals surface area contributed by atoms with Gasteiger partial charge < -0.3 is 14.6 Å². The zero-order chi connectivity index (χ0) is 23.4. The van der Waals surface area contributed by atoms with E-state index < -0.39 is 0 Å². The Morgan fingerprint density at radius 3 is 2.50 bits per heavy atom. The average molecular weight is 459 g/mol. The highest BCUT2D eigenvalue weighted by Gasteiger charge is 2.34. The van der Waals surface area contributed by atoms with E-state index in [1.54, 1.807) is 18.0 Å². The maximum Gasteiger partial charge on any atom is 0.197 e. The largest absolute Gasteiger partial charge is 0.493 e. The van der Waals surface area contributed by atoms with Gasteiger partial charge in [-0.05, 0) is 69.7 Å². The predicted molar refractivity (Wildman–Crippen MR) is 134 cm³/mol. The van der Waals surface area contributed by atoms with Gasteiger partial charge in [0, 0.05) is 41.0 Å². The summed E-state index contributed by atoms with van der Waals surface area (Å²) in [6.45, 7) is 4.48. The predicted octanol–water partition coefficient (Wildman–Crippen LogP) is 5.53. The summed E-state index contributed by atoms with van der Waals surface area (Å²) in [5, 5.41) is 4.34. The molecule has 0 atom stereocenters. The molecule has 0 bridgehead atoms. The molecule has 4 aromatic heterocycles. The number of nitrogens with one attached hydrogen (secondary N) is 1. The molecule has 0 aromatic carbocycles. The number of H-pyrrole nitrogens is 1. The molecule has 7 heteroatoms. The van der Waals surface area contributed by atoms with Gasteiger partial charge in [-0.25, -0.2) is 9.50 Å². The summed E-state index contributed by atoms with van der Waals surface area (Å²) in [6, 6.07) is 8.10. The van der Waals surface area contributed by atoms with Gasteiger partial charge in [-0.3, -0.25) is 4.98 Å². The van der Waals surface area contributed by atoms with Crippen LogP contribution in [-0.4, -0.2) is 55.7 Å². The van der Waals surface area contributed by atoms with Crippen molar-refractivity contribution in [3.63, 3.8) is 0 Å². The molecule has 34 heavy (non-hydrogen) atoms. The van der Waals surface area contributed by atoms with Crippen molar-refractivity contribution < 1.29 is 4.74 Å².